The molecule has 0 unspecified atom stereocenters. The van der Waals surface area contributed by atoms with Gasteiger partial charge in [-0.2, -0.15) is 0 Å². The van der Waals surface area contributed by atoms with Gasteiger partial charge in [0, 0.05) is 30.6 Å². The van der Waals surface area contributed by atoms with Crippen LogP contribution in [0.1, 0.15) is 17.7 Å². The molecule has 0 atom stereocenters. The largest absolute Gasteiger partial charge is 0.497 e. The molecular formula is C25H25N3O4. The molecule has 7 nitrogen and oxygen atoms in total. The number of carbonyl (C=O) groups is 1. The molecule has 0 saturated heterocycles. The highest BCUT2D eigenvalue weighted by Gasteiger charge is 2.10. The van der Waals surface area contributed by atoms with Crippen molar-refractivity contribution < 1.29 is 19.0 Å². The summed E-state index contributed by atoms with van der Waals surface area (Å²) < 4.78 is 18.5. The first-order valence-electron chi connectivity index (χ1n) is 10.3. The smallest absolute Gasteiger partial charge is 0.224 e. The van der Waals surface area contributed by atoms with Crippen molar-refractivity contribution in [3.8, 4) is 17.2 Å². The molecule has 0 aliphatic rings. The Labute approximate surface area is 186 Å². The molecule has 4 aromatic rings. The SMILES string of the molecule is COc1ccc(OC)c(CCC(=O)Nc2cccc(OCc3cn4ccccc4n3)c2)c1. The third-order valence-electron chi connectivity index (χ3n) is 5.03. The lowest BCUT2D eigenvalue weighted by Gasteiger charge is -2.11. The van der Waals surface area contributed by atoms with E-state index in [0.717, 1.165) is 28.4 Å². The summed E-state index contributed by atoms with van der Waals surface area (Å²) in [5, 5.41) is 2.93. The predicted molar refractivity (Wildman–Crippen MR) is 122 cm³/mol. The number of rotatable bonds is 9. The number of aryl methyl sites for hydroxylation is 1. The Morgan fingerprint density at radius 1 is 1.00 bits per heavy atom. The van der Waals surface area contributed by atoms with E-state index in [0.29, 0.717) is 30.9 Å². The molecule has 0 aliphatic heterocycles. The number of fused-ring (bicyclic) bond motifs is 1. The van der Waals surface area contributed by atoms with Crippen LogP contribution in [0.5, 0.6) is 17.2 Å². The average molecular weight is 431 g/mol. The second kappa shape index (κ2) is 9.87. The van der Waals surface area contributed by atoms with Gasteiger partial charge in [0.2, 0.25) is 5.91 Å². The minimum Gasteiger partial charge on any atom is -0.497 e. The van der Waals surface area contributed by atoms with E-state index in [-0.39, 0.29) is 5.91 Å². The Bertz CT molecular complexity index is 1190. The number of benzene rings is 2. The van der Waals surface area contributed by atoms with E-state index >= 15 is 0 Å². The van der Waals surface area contributed by atoms with Crippen molar-refractivity contribution >= 4 is 17.2 Å². The van der Waals surface area contributed by atoms with Crippen LogP contribution in [0.15, 0.2) is 73.1 Å². The van der Waals surface area contributed by atoms with Gasteiger partial charge in [-0.1, -0.05) is 12.1 Å². The first-order chi connectivity index (χ1) is 15.6. The van der Waals surface area contributed by atoms with E-state index in [9.17, 15) is 4.79 Å². The predicted octanol–water partition coefficient (Wildman–Crippen LogP) is 4.50. The van der Waals surface area contributed by atoms with Crippen LogP contribution < -0.4 is 19.5 Å². The molecule has 4 rings (SSSR count). The molecule has 1 N–H and O–H groups in total. The topological polar surface area (TPSA) is 74.1 Å². The highest BCUT2D eigenvalue weighted by Crippen LogP contribution is 2.25. The number of amides is 1. The van der Waals surface area contributed by atoms with Crippen LogP contribution in [0, 0.1) is 0 Å². The Kier molecular flexibility index (Phi) is 6.55. The number of imidazole rings is 1. The Balaban J connectivity index is 1.33. The first-order valence-corrected chi connectivity index (χ1v) is 10.3. The second-order valence-corrected chi connectivity index (χ2v) is 7.24. The zero-order valence-corrected chi connectivity index (χ0v) is 18.1. The van der Waals surface area contributed by atoms with Gasteiger partial charge in [-0.3, -0.25) is 4.79 Å². The van der Waals surface area contributed by atoms with E-state index in [1.807, 2.05) is 71.4 Å². The summed E-state index contributed by atoms with van der Waals surface area (Å²) in [5.74, 6) is 2.04. The molecule has 7 heteroatoms. The van der Waals surface area contributed by atoms with Crippen molar-refractivity contribution in [3.63, 3.8) is 0 Å². The van der Waals surface area contributed by atoms with Gasteiger partial charge >= 0.3 is 0 Å². The van der Waals surface area contributed by atoms with Gasteiger partial charge in [-0.25, -0.2) is 4.98 Å². The fourth-order valence-corrected chi connectivity index (χ4v) is 3.43. The normalized spacial score (nSPS) is 10.7. The van der Waals surface area contributed by atoms with Crippen molar-refractivity contribution in [2.45, 2.75) is 19.4 Å². The van der Waals surface area contributed by atoms with Crippen molar-refractivity contribution in [1.82, 2.24) is 9.38 Å². The summed E-state index contributed by atoms with van der Waals surface area (Å²) in [6.45, 7) is 0.342. The molecule has 0 aliphatic carbocycles. The number of ether oxygens (including phenoxy) is 3. The molecule has 164 valence electrons. The molecule has 1 amide bonds. The van der Waals surface area contributed by atoms with Crippen LogP contribution >= 0.6 is 0 Å². The monoisotopic (exact) mass is 431 g/mol. The summed E-state index contributed by atoms with van der Waals surface area (Å²) in [7, 11) is 3.23. The number of hydrogen-bond acceptors (Lipinski definition) is 5. The summed E-state index contributed by atoms with van der Waals surface area (Å²) in [5.41, 5.74) is 3.31. The van der Waals surface area contributed by atoms with Gasteiger partial charge in [-0.05, 0) is 54.4 Å². The van der Waals surface area contributed by atoms with Crippen LogP contribution in [0.4, 0.5) is 5.69 Å². The maximum Gasteiger partial charge on any atom is 0.224 e. The summed E-state index contributed by atoms with van der Waals surface area (Å²) in [4.78, 5) is 17.0. The van der Waals surface area contributed by atoms with Gasteiger partial charge in [0.15, 0.2) is 0 Å². The standard InChI is InChI=1S/C25H25N3O4/c1-30-21-10-11-23(31-2)18(14-21)9-12-25(29)27-19-6-5-7-22(15-19)32-17-20-16-28-13-4-3-8-24(28)26-20/h3-8,10-11,13-16H,9,12,17H2,1-2H3,(H,27,29). The minimum absolute atomic E-state index is 0.0904. The van der Waals surface area contributed by atoms with Gasteiger partial charge in [0.05, 0.1) is 19.9 Å². The maximum absolute atomic E-state index is 12.5. The van der Waals surface area contributed by atoms with Gasteiger partial charge in [0.25, 0.3) is 0 Å². The number of aromatic nitrogens is 2. The van der Waals surface area contributed by atoms with Crippen molar-refractivity contribution in [3.05, 3.63) is 84.3 Å². The summed E-state index contributed by atoms with van der Waals surface area (Å²) in [6, 6.07) is 18.8. The van der Waals surface area contributed by atoms with Crippen LogP contribution in [0.3, 0.4) is 0 Å². The fraction of sp³-hybridized carbons (Fsp3) is 0.200. The number of pyridine rings is 1. The van der Waals surface area contributed by atoms with Crippen LogP contribution in [0.2, 0.25) is 0 Å². The van der Waals surface area contributed by atoms with E-state index in [1.54, 1.807) is 20.3 Å². The maximum atomic E-state index is 12.5. The van der Waals surface area contributed by atoms with Crippen LogP contribution in [-0.4, -0.2) is 29.5 Å². The second-order valence-electron chi connectivity index (χ2n) is 7.24. The van der Waals surface area contributed by atoms with Crippen molar-refractivity contribution in [1.29, 1.82) is 0 Å². The fourth-order valence-electron chi connectivity index (χ4n) is 3.43. The summed E-state index contributed by atoms with van der Waals surface area (Å²) >= 11 is 0. The molecule has 0 fully saturated rings. The van der Waals surface area contributed by atoms with Crippen molar-refractivity contribution in [2.75, 3.05) is 19.5 Å². The highest BCUT2D eigenvalue weighted by molar-refractivity contribution is 5.91. The van der Waals surface area contributed by atoms with Gasteiger partial charge in [-0.15, -0.1) is 0 Å². The number of carbonyl (C=O) groups excluding carboxylic acids is 1. The molecule has 2 aromatic carbocycles. The Morgan fingerprint density at radius 2 is 1.91 bits per heavy atom. The molecule has 0 saturated carbocycles. The number of anilines is 1. The van der Waals surface area contributed by atoms with Gasteiger partial charge < -0.3 is 23.9 Å². The third kappa shape index (κ3) is 5.18. The van der Waals surface area contributed by atoms with Gasteiger partial charge in [0.1, 0.15) is 29.5 Å². The van der Waals surface area contributed by atoms with E-state index in [1.165, 1.54) is 0 Å². The number of hydrogen-bond donors (Lipinski definition) is 1. The van der Waals surface area contributed by atoms with E-state index in [4.69, 9.17) is 14.2 Å². The molecule has 0 bridgehead atoms. The van der Waals surface area contributed by atoms with E-state index < -0.39 is 0 Å². The first kappa shape index (κ1) is 21.2. The molecule has 2 heterocycles. The lowest BCUT2D eigenvalue weighted by Crippen LogP contribution is -2.12. The van der Waals surface area contributed by atoms with Crippen LogP contribution in [0.25, 0.3) is 5.65 Å². The third-order valence-corrected chi connectivity index (χ3v) is 5.03. The molecule has 32 heavy (non-hydrogen) atoms. The highest BCUT2D eigenvalue weighted by atomic mass is 16.5. The van der Waals surface area contributed by atoms with Crippen molar-refractivity contribution in [2.24, 2.45) is 0 Å². The summed E-state index contributed by atoms with van der Waals surface area (Å²) in [6.07, 6.45) is 4.74. The molecule has 2 aromatic heterocycles. The molecule has 0 spiro atoms. The minimum atomic E-state index is -0.0904. The number of nitrogens with one attached hydrogen (secondary N) is 1. The zero-order valence-electron chi connectivity index (χ0n) is 18.1. The lowest BCUT2D eigenvalue weighted by atomic mass is 10.1. The zero-order chi connectivity index (χ0) is 22.3. The Hall–Kier alpha value is -4.00. The Morgan fingerprint density at radius 3 is 2.72 bits per heavy atom. The molecule has 0 radical (unpaired) electrons. The van der Waals surface area contributed by atoms with Crippen LogP contribution in [-0.2, 0) is 17.8 Å². The number of methoxy groups -OCH3 is 2. The number of nitrogens with zero attached hydrogens (tertiary/aromatic N) is 2. The quantitative estimate of drug-likeness (QED) is 0.422. The average Bonchev–Trinajstić information content (AvgIpc) is 3.24. The van der Waals surface area contributed by atoms with E-state index in [2.05, 4.69) is 10.3 Å². The lowest BCUT2D eigenvalue weighted by molar-refractivity contribution is -0.116. The molecular weight excluding hydrogens is 406 g/mol.